The van der Waals surface area contributed by atoms with Crippen LogP contribution in [-0.4, -0.2) is 24.4 Å². The van der Waals surface area contributed by atoms with Gasteiger partial charge in [-0.05, 0) is 37.8 Å². The van der Waals surface area contributed by atoms with Gasteiger partial charge in [-0.2, -0.15) is 0 Å². The van der Waals surface area contributed by atoms with Crippen LogP contribution >= 0.6 is 0 Å². The van der Waals surface area contributed by atoms with E-state index in [1.165, 1.54) is 6.07 Å². The lowest BCUT2D eigenvalue weighted by Gasteiger charge is -2.11. The highest BCUT2D eigenvalue weighted by atomic mass is 19.1. The van der Waals surface area contributed by atoms with Crippen molar-refractivity contribution in [3.8, 4) is 0 Å². The molecule has 4 nitrogen and oxygen atoms in total. The second-order valence-corrected chi connectivity index (χ2v) is 5.90. The fourth-order valence-electron chi connectivity index (χ4n) is 2.38. The Morgan fingerprint density at radius 2 is 1.95 bits per heavy atom. The fourth-order valence-corrected chi connectivity index (χ4v) is 2.38. The second kappa shape index (κ2) is 7.38. The molecule has 0 aromatic heterocycles. The van der Waals surface area contributed by atoms with E-state index in [0.717, 1.165) is 6.42 Å². The Kier molecular flexibility index (Phi) is 5.52. The van der Waals surface area contributed by atoms with Crippen molar-refractivity contribution in [1.29, 1.82) is 0 Å². The van der Waals surface area contributed by atoms with Crippen molar-refractivity contribution in [1.82, 2.24) is 10.6 Å². The van der Waals surface area contributed by atoms with E-state index in [0.29, 0.717) is 24.9 Å². The van der Waals surface area contributed by atoms with Crippen LogP contribution in [-0.2, 0) is 16.0 Å². The van der Waals surface area contributed by atoms with E-state index >= 15 is 0 Å². The number of rotatable bonds is 7. The maximum absolute atomic E-state index is 13.4. The van der Waals surface area contributed by atoms with Gasteiger partial charge in [0.2, 0.25) is 11.8 Å². The van der Waals surface area contributed by atoms with E-state index in [4.69, 9.17) is 0 Å². The lowest BCUT2D eigenvalue weighted by molar-refractivity contribution is -0.127. The quantitative estimate of drug-likeness (QED) is 0.810. The van der Waals surface area contributed by atoms with Crippen molar-refractivity contribution in [3.63, 3.8) is 0 Å². The van der Waals surface area contributed by atoms with E-state index in [1.807, 2.05) is 13.8 Å². The van der Waals surface area contributed by atoms with E-state index in [2.05, 4.69) is 10.6 Å². The van der Waals surface area contributed by atoms with Gasteiger partial charge < -0.3 is 10.6 Å². The van der Waals surface area contributed by atoms with Crippen molar-refractivity contribution in [2.45, 2.75) is 39.2 Å². The van der Waals surface area contributed by atoms with Crippen LogP contribution in [0, 0.1) is 17.7 Å². The summed E-state index contributed by atoms with van der Waals surface area (Å²) in [5.41, 5.74) is 0.588. The van der Waals surface area contributed by atoms with Gasteiger partial charge in [-0.1, -0.05) is 25.1 Å². The molecule has 2 amide bonds. The predicted octanol–water partition coefficient (Wildman–Crippen LogP) is 2.04. The Morgan fingerprint density at radius 3 is 2.64 bits per heavy atom. The standard InChI is InChI=1S/C17H23FN2O2/c1-3-11(2)20-17(22)14-10-13(14)16(21)19-9-8-12-6-4-5-7-15(12)18/h4-7,11,13-14H,3,8-10H2,1-2H3,(H,19,21)(H,20,22). The molecule has 0 aliphatic heterocycles. The largest absolute Gasteiger partial charge is 0.356 e. The zero-order valence-corrected chi connectivity index (χ0v) is 13.1. The number of nitrogens with one attached hydrogen (secondary N) is 2. The van der Waals surface area contributed by atoms with Crippen LogP contribution in [0.4, 0.5) is 4.39 Å². The molecule has 0 bridgehead atoms. The summed E-state index contributed by atoms with van der Waals surface area (Å²) < 4.78 is 13.4. The topological polar surface area (TPSA) is 58.2 Å². The molecule has 2 N–H and O–H groups in total. The Labute approximate surface area is 130 Å². The van der Waals surface area contributed by atoms with Crippen LogP contribution in [0.25, 0.3) is 0 Å². The molecule has 1 aliphatic carbocycles. The van der Waals surface area contributed by atoms with Gasteiger partial charge in [0.25, 0.3) is 0 Å². The summed E-state index contributed by atoms with van der Waals surface area (Å²) >= 11 is 0. The number of halogens is 1. The summed E-state index contributed by atoms with van der Waals surface area (Å²) in [7, 11) is 0. The zero-order chi connectivity index (χ0) is 16.1. The lowest BCUT2D eigenvalue weighted by atomic mass is 10.1. The van der Waals surface area contributed by atoms with Gasteiger partial charge in [0, 0.05) is 12.6 Å². The molecule has 5 heteroatoms. The number of hydrogen-bond donors (Lipinski definition) is 2. The molecule has 1 aromatic rings. The number of hydrogen-bond acceptors (Lipinski definition) is 2. The van der Waals surface area contributed by atoms with Crippen molar-refractivity contribution in [3.05, 3.63) is 35.6 Å². The minimum Gasteiger partial charge on any atom is -0.356 e. The molecule has 1 fully saturated rings. The summed E-state index contributed by atoms with van der Waals surface area (Å²) in [5.74, 6) is -0.842. The summed E-state index contributed by atoms with van der Waals surface area (Å²) in [4.78, 5) is 23.9. The van der Waals surface area contributed by atoms with Crippen molar-refractivity contribution < 1.29 is 14.0 Å². The van der Waals surface area contributed by atoms with Crippen molar-refractivity contribution in [2.24, 2.45) is 11.8 Å². The first-order valence-corrected chi connectivity index (χ1v) is 7.84. The van der Waals surface area contributed by atoms with E-state index in [9.17, 15) is 14.0 Å². The van der Waals surface area contributed by atoms with Crippen molar-refractivity contribution >= 4 is 11.8 Å². The Hall–Kier alpha value is -1.91. The summed E-state index contributed by atoms with van der Waals surface area (Å²) in [6.07, 6.45) is 1.93. The predicted molar refractivity (Wildman–Crippen MR) is 82.6 cm³/mol. The summed E-state index contributed by atoms with van der Waals surface area (Å²) in [5, 5.41) is 5.68. The number of amides is 2. The molecule has 1 aliphatic rings. The molecule has 0 spiro atoms. The van der Waals surface area contributed by atoms with Gasteiger partial charge in [0.1, 0.15) is 5.82 Å². The van der Waals surface area contributed by atoms with E-state index < -0.39 is 0 Å². The Morgan fingerprint density at radius 1 is 1.27 bits per heavy atom. The molecule has 0 radical (unpaired) electrons. The van der Waals surface area contributed by atoms with Gasteiger partial charge in [-0.3, -0.25) is 9.59 Å². The van der Waals surface area contributed by atoms with Crippen LogP contribution in [0.1, 0.15) is 32.3 Å². The minimum atomic E-state index is -0.256. The fraction of sp³-hybridized carbons (Fsp3) is 0.529. The Bertz CT molecular complexity index is 547. The first-order chi connectivity index (χ1) is 10.5. The van der Waals surface area contributed by atoms with Crippen LogP contribution < -0.4 is 10.6 Å². The third-order valence-electron chi connectivity index (χ3n) is 4.12. The number of carbonyl (C=O) groups excluding carboxylic acids is 2. The third kappa shape index (κ3) is 4.29. The molecule has 2 rings (SSSR count). The zero-order valence-electron chi connectivity index (χ0n) is 13.1. The highest BCUT2D eigenvalue weighted by Crippen LogP contribution is 2.38. The molecule has 0 heterocycles. The third-order valence-corrected chi connectivity index (χ3v) is 4.12. The summed E-state index contributed by atoms with van der Waals surface area (Å²) in [6.45, 7) is 4.34. The van der Waals surface area contributed by atoms with Crippen LogP contribution in [0.15, 0.2) is 24.3 Å². The van der Waals surface area contributed by atoms with Crippen LogP contribution in [0.2, 0.25) is 0 Å². The average molecular weight is 306 g/mol. The molecule has 3 unspecified atom stereocenters. The van der Waals surface area contributed by atoms with Gasteiger partial charge in [0.05, 0.1) is 11.8 Å². The lowest BCUT2D eigenvalue weighted by Crippen LogP contribution is -2.35. The van der Waals surface area contributed by atoms with Gasteiger partial charge in [0.15, 0.2) is 0 Å². The second-order valence-electron chi connectivity index (χ2n) is 5.90. The summed E-state index contributed by atoms with van der Waals surface area (Å²) in [6, 6.07) is 6.67. The van der Waals surface area contributed by atoms with E-state index in [1.54, 1.807) is 18.2 Å². The molecular weight excluding hydrogens is 283 g/mol. The monoisotopic (exact) mass is 306 g/mol. The molecular formula is C17H23FN2O2. The van der Waals surface area contributed by atoms with Crippen LogP contribution in [0.3, 0.4) is 0 Å². The van der Waals surface area contributed by atoms with Crippen molar-refractivity contribution in [2.75, 3.05) is 6.54 Å². The molecule has 120 valence electrons. The van der Waals surface area contributed by atoms with Gasteiger partial charge >= 0.3 is 0 Å². The molecule has 22 heavy (non-hydrogen) atoms. The first-order valence-electron chi connectivity index (χ1n) is 7.84. The first kappa shape index (κ1) is 16.5. The maximum Gasteiger partial charge on any atom is 0.224 e. The minimum absolute atomic E-state index is 0.0383. The molecule has 1 saturated carbocycles. The molecule has 1 aromatic carbocycles. The van der Waals surface area contributed by atoms with Crippen LogP contribution in [0.5, 0.6) is 0 Å². The number of benzene rings is 1. The highest BCUT2D eigenvalue weighted by molar-refractivity contribution is 5.92. The molecule has 3 atom stereocenters. The average Bonchev–Trinajstić information content (AvgIpc) is 3.29. The van der Waals surface area contributed by atoms with E-state index in [-0.39, 0.29) is 35.5 Å². The van der Waals surface area contributed by atoms with Gasteiger partial charge in [-0.25, -0.2) is 4.39 Å². The van der Waals surface area contributed by atoms with Gasteiger partial charge in [-0.15, -0.1) is 0 Å². The number of carbonyl (C=O) groups is 2. The maximum atomic E-state index is 13.4. The highest BCUT2D eigenvalue weighted by Gasteiger charge is 2.47. The normalized spacial score (nSPS) is 21.0. The SMILES string of the molecule is CCC(C)NC(=O)C1CC1C(=O)NCCc1ccccc1F. The molecule has 0 saturated heterocycles. The smallest absolute Gasteiger partial charge is 0.224 e. The Balaban J connectivity index is 1.71.